The smallest absolute Gasteiger partial charge is 0.258 e. The quantitative estimate of drug-likeness (QED) is 0.599. The van der Waals surface area contributed by atoms with E-state index in [2.05, 4.69) is 11.0 Å². The molecule has 0 unspecified atom stereocenters. The van der Waals surface area contributed by atoms with Gasteiger partial charge in [0.25, 0.3) is 5.56 Å². The number of terminal acetylenes is 1. The Labute approximate surface area is 98.0 Å². The standard InChI is InChI=1S/C12H11N3O2/c1-3-14(2)8-9-7-11(17)15-6-4-5-10(16)12(15)13-9/h1,4-7,16H,8H2,2H3. The molecule has 2 aromatic heterocycles. The summed E-state index contributed by atoms with van der Waals surface area (Å²) in [6.45, 7) is 0.358. The molecule has 2 heterocycles. The van der Waals surface area contributed by atoms with Crippen molar-refractivity contribution in [1.29, 1.82) is 0 Å². The molecule has 2 rings (SSSR count). The highest BCUT2D eigenvalue weighted by Crippen LogP contribution is 2.13. The second-order valence-corrected chi connectivity index (χ2v) is 3.66. The molecule has 0 aliphatic heterocycles. The average molecular weight is 229 g/mol. The number of nitrogens with zero attached hydrogens (tertiary/aromatic N) is 3. The first-order valence-electron chi connectivity index (χ1n) is 4.99. The molecule has 0 radical (unpaired) electrons. The lowest BCUT2D eigenvalue weighted by Gasteiger charge is -2.10. The summed E-state index contributed by atoms with van der Waals surface area (Å²) in [5.41, 5.74) is 0.517. The fourth-order valence-electron chi connectivity index (χ4n) is 1.53. The summed E-state index contributed by atoms with van der Waals surface area (Å²) >= 11 is 0. The van der Waals surface area contributed by atoms with Crippen molar-refractivity contribution in [3.8, 4) is 18.2 Å². The van der Waals surface area contributed by atoms with Crippen molar-refractivity contribution in [2.75, 3.05) is 7.05 Å². The molecular weight excluding hydrogens is 218 g/mol. The minimum absolute atomic E-state index is 0.0326. The minimum Gasteiger partial charge on any atom is -0.504 e. The van der Waals surface area contributed by atoms with Crippen molar-refractivity contribution >= 4 is 5.65 Å². The molecule has 0 atom stereocenters. The third kappa shape index (κ3) is 2.06. The first kappa shape index (κ1) is 11.0. The van der Waals surface area contributed by atoms with Crippen molar-refractivity contribution in [3.63, 3.8) is 0 Å². The van der Waals surface area contributed by atoms with Gasteiger partial charge in [0.05, 0.1) is 12.2 Å². The van der Waals surface area contributed by atoms with Gasteiger partial charge in [-0.25, -0.2) is 4.98 Å². The summed E-state index contributed by atoms with van der Waals surface area (Å²) in [5, 5.41) is 9.64. The third-order valence-electron chi connectivity index (χ3n) is 2.34. The Kier molecular flexibility index (Phi) is 2.71. The van der Waals surface area contributed by atoms with Gasteiger partial charge in [-0.15, -0.1) is 0 Å². The van der Waals surface area contributed by atoms with Crippen molar-refractivity contribution in [2.24, 2.45) is 0 Å². The second kappa shape index (κ2) is 4.18. The highest BCUT2D eigenvalue weighted by molar-refractivity contribution is 5.52. The summed E-state index contributed by atoms with van der Waals surface area (Å²) in [4.78, 5) is 17.5. The lowest BCUT2D eigenvalue weighted by atomic mass is 10.3. The summed E-state index contributed by atoms with van der Waals surface area (Å²) in [6, 6.07) is 6.89. The van der Waals surface area contributed by atoms with E-state index < -0.39 is 0 Å². The van der Waals surface area contributed by atoms with Crippen LogP contribution in [0.3, 0.4) is 0 Å². The predicted molar refractivity (Wildman–Crippen MR) is 63.4 cm³/mol. The van der Waals surface area contributed by atoms with E-state index in [-0.39, 0.29) is 17.0 Å². The first-order chi connectivity index (χ1) is 8.11. The Bertz CT molecular complexity index is 655. The van der Waals surface area contributed by atoms with Crippen LogP contribution in [0, 0.1) is 12.5 Å². The van der Waals surface area contributed by atoms with Crippen LogP contribution in [0.25, 0.3) is 5.65 Å². The lowest BCUT2D eigenvalue weighted by Crippen LogP contribution is -2.19. The number of fused-ring (bicyclic) bond motifs is 1. The minimum atomic E-state index is -0.244. The van der Waals surface area contributed by atoms with Gasteiger partial charge in [0.1, 0.15) is 0 Å². The zero-order chi connectivity index (χ0) is 12.4. The molecule has 2 aromatic rings. The van der Waals surface area contributed by atoms with Gasteiger partial charge in [-0.1, -0.05) is 6.42 Å². The molecule has 5 nitrogen and oxygen atoms in total. The average Bonchev–Trinajstić information content (AvgIpc) is 2.30. The number of hydrogen-bond donors (Lipinski definition) is 1. The molecule has 17 heavy (non-hydrogen) atoms. The third-order valence-corrected chi connectivity index (χ3v) is 2.34. The highest BCUT2D eigenvalue weighted by atomic mass is 16.3. The number of hydrogen-bond acceptors (Lipinski definition) is 4. The van der Waals surface area contributed by atoms with Crippen LogP contribution in [-0.4, -0.2) is 26.4 Å². The molecule has 0 bridgehead atoms. The van der Waals surface area contributed by atoms with Crippen molar-refractivity contribution in [1.82, 2.24) is 14.3 Å². The van der Waals surface area contributed by atoms with Gasteiger partial charge in [0.15, 0.2) is 11.4 Å². The van der Waals surface area contributed by atoms with Gasteiger partial charge < -0.3 is 10.0 Å². The molecular formula is C12H11N3O2. The van der Waals surface area contributed by atoms with E-state index in [4.69, 9.17) is 6.42 Å². The monoisotopic (exact) mass is 229 g/mol. The number of aromatic hydroxyl groups is 1. The van der Waals surface area contributed by atoms with E-state index in [0.717, 1.165) is 0 Å². The maximum atomic E-state index is 11.8. The Morgan fingerprint density at radius 1 is 1.65 bits per heavy atom. The van der Waals surface area contributed by atoms with Crippen LogP contribution >= 0.6 is 0 Å². The normalized spacial score (nSPS) is 10.1. The van der Waals surface area contributed by atoms with Crippen LogP contribution in [-0.2, 0) is 6.54 Å². The number of rotatable bonds is 2. The SMILES string of the molecule is C#CN(C)Cc1cc(=O)n2cccc(O)c2n1. The molecule has 0 aliphatic rings. The molecule has 0 saturated heterocycles. The lowest BCUT2D eigenvalue weighted by molar-refractivity contribution is 0.465. The highest BCUT2D eigenvalue weighted by Gasteiger charge is 2.06. The van der Waals surface area contributed by atoms with Crippen LogP contribution in [0.15, 0.2) is 29.2 Å². The predicted octanol–water partition coefficient (Wildman–Crippen LogP) is 0.423. The summed E-state index contributed by atoms with van der Waals surface area (Å²) < 4.78 is 1.29. The van der Waals surface area contributed by atoms with Gasteiger partial charge >= 0.3 is 0 Å². The molecule has 0 amide bonds. The van der Waals surface area contributed by atoms with E-state index in [1.54, 1.807) is 24.2 Å². The Balaban J connectivity index is 2.59. The topological polar surface area (TPSA) is 57.8 Å². The summed E-state index contributed by atoms with van der Waals surface area (Å²) in [7, 11) is 1.72. The van der Waals surface area contributed by atoms with E-state index in [1.807, 2.05) is 0 Å². The van der Waals surface area contributed by atoms with E-state index in [0.29, 0.717) is 12.2 Å². The van der Waals surface area contributed by atoms with E-state index in [9.17, 15) is 9.90 Å². The van der Waals surface area contributed by atoms with Crippen LogP contribution in [0.2, 0.25) is 0 Å². The summed E-state index contributed by atoms with van der Waals surface area (Å²) in [5.74, 6) is -0.0326. The maximum Gasteiger partial charge on any atom is 0.258 e. The second-order valence-electron chi connectivity index (χ2n) is 3.66. The van der Waals surface area contributed by atoms with Crippen molar-refractivity contribution in [2.45, 2.75) is 6.54 Å². The van der Waals surface area contributed by atoms with Crippen molar-refractivity contribution in [3.05, 3.63) is 40.4 Å². The van der Waals surface area contributed by atoms with Gasteiger partial charge in [-0.2, -0.15) is 0 Å². The van der Waals surface area contributed by atoms with E-state index in [1.165, 1.54) is 16.5 Å². The Hall–Kier alpha value is -2.48. The zero-order valence-corrected chi connectivity index (χ0v) is 9.29. The molecule has 0 aliphatic carbocycles. The van der Waals surface area contributed by atoms with Gasteiger partial charge in [0.2, 0.25) is 0 Å². The number of pyridine rings is 1. The van der Waals surface area contributed by atoms with Crippen LogP contribution in [0.1, 0.15) is 5.69 Å². The largest absolute Gasteiger partial charge is 0.504 e. The molecule has 86 valence electrons. The molecule has 0 saturated carbocycles. The molecule has 0 aromatic carbocycles. The maximum absolute atomic E-state index is 11.8. The summed E-state index contributed by atoms with van der Waals surface area (Å²) in [6.07, 6.45) is 6.77. The van der Waals surface area contributed by atoms with Gasteiger partial charge in [-0.05, 0) is 12.1 Å². The van der Waals surface area contributed by atoms with E-state index >= 15 is 0 Å². The zero-order valence-electron chi connectivity index (χ0n) is 9.29. The Morgan fingerprint density at radius 3 is 3.12 bits per heavy atom. The number of aromatic nitrogens is 2. The van der Waals surface area contributed by atoms with Gasteiger partial charge in [0, 0.05) is 25.4 Å². The molecule has 0 spiro atoms. The fraction of sp³-hybridized carbons (Fsp3) is 0.167. The Morgan fingerprint density at radius 2 is 2.41 bits per heavy atom. The van der Waals surface area contributed by atoms with Crippen LogP contribution < -0.4 is 5.56 Å². The first-order valence-corrected chi connectivity index (χ1v) is 4.99. The molecule has 0 fully saturated rings. The fourth-order valence-corrected chi connectivity index (χ4v) is 1.53. The van der Waals surface area contributed by atoms with Gasteiger partial charge in [-0.3, -0.25) is 9.20 Å². The van der Waals surface area contributed by atoms with Crippen LogP contribution in [0.5, 0.6) is 5.75 Å². The molecule has 1 N–H and O–H groups in total. The molecule has 5 heteroatoms. The van der Waals surface area contributed by atoms with Crippen LogP contribution in [0.4, 0.5) is 0 Å². The van der Waals surface area contributed by atoms with Crippen molar-refractivity contribution < 1.29 is 5.11 Å².